The molecule has 3 aliphatic carbocycles. The topological polar surface area (TPSA) is 52.9 Å². The number of morpholine rings is 1. The van der Waals surface area contributed by atoms with Gasteiger partial charge in [0.15, 0.2) is 0 Å². The summed E-state index contributed by atoms with van der Waals surface area (Å²) in [6.07, 6.45) is 11.0. The maximum absolute atomic E-state index is 10.2. The van der Waals surface area contributed by atoms with Crippen LogP contribution in [0.1, 0.15) is 72.6 Å². The largest absolute Gasteiger partial charge is 0.388 e. The molecule has 4 heteroatoms. The Kier molecular flexibility index (Phi) is 7.08. The summed E-state index contributed by atoms with van der Waals surface area (Å²) in [6, 6.07) is 0. The molecule has 0 bridgehead atoms. The molecule has 4 nitrogen and oxygen atoms in total. The third kappa shape index (κ3) is 4.94. The van der Waals surface area contributed by atoms with Crippen molar-refractivity contribution in [3.63, 3.8) is 0 Å². The van der Waals surface area contributed by atoms with Gasteiger partial charge in [-0.15, -0.1) is 0 Å². The summed E-state index contributed by atoms with van der Waals surface area (Å²) in [4.78, 5) is 2.63. The first kappa shape index (κ1) is 24.2. The van der Waals surface area contributed by atoms with Crippen LogP contribution in [0.25, 0.3) is 0 Å². The minimum absolute atomic E-state index is 0.0268. The zero-order valence-corrected chi connectivity index (χ0v) is 20.8. The van der Waals surface area contributed by atoms with Crippen molar-refractivity contribution in [2.24, 2.45) is 23.2 Å². The quantitative estimate of drug-likeness (QED) is 0.609. The maximum Gasteiger partial charge on any atom is 0.0809 e. The molecule has 4 fully saturated rings. The average Bonchev–Trinajstić information content (AvgIpc) is 3.07. The van der Waals surface area contributed by atoms with Crippen molar-refractivity contribution in [1.82, 2.24) is 4.90 Å². The Labute approximate surface area is 195 Å². The third-order valence-corrected chi connectivity index (χ3v) is 9.08. The molecule has 0 amide bonds. The van der Waals surface area contributed by atoms with Crippen molar-refractivity contribution in [2.75, 3.05) is 26.2 Å². The summed E-state index contributed by atoms with van der Waals surface area (Å²) >= 11 is 0. The van der Waals surface area contributed by atoms with Crippen molar-refractivity contribution in [2.45, 2.75) is 90.4 Å². The minimum atomic E-state index is -0.609. The Balaban J connectivity index is 1.44. The van der Waals surface area contributed by atoms with E-state index in [1.165, 1.54) is 38.6 Å². The van der Waals surface area contributed by atoms with Gasteiger partial charge in [0.1, 0.15) is 0 Å². The zero-order valence-electron chi connectivity index (χ0n) is 20.8. The number of hydrogen-bond donors (Lipinski definition) is 2. The monoisotopic (exact) mass is 443 g/mol. The van der Waals surface area contributed by atoms with E-state index in [4.69, 9.17) is 4.74 Å². The molecule has 0 aromatic carbocycles. The predicted octanol–water partition coefficient (Wildman–Crippen LogP) is 4.87. The van der Waals surface area contributed by atoms with Crippen LogP contribution in [0.3, 0.4) is 0 Å². The summed E-state index contributed by atoms with van der Waals surface area (Å²) in [5.74, 6) is 2.15. The van der Waals surface area contributed by atoms with E-state index in [0.717, 1.165) is 31.2 Å². The maximum atomic E-state index is 10.2. The second kappa shape index (κ2) is 9.37. The van der Waals surface area contributed by atoms with Gasteiger partial charge >= 0.3 is 0 Å². The number of aliphatic hydroxyl groups excluding tert-OH is 2. The highest BCUT2D eigenvalue weighted by Crippen LogP contribution is 2.59. The van der Waals surface area contributed by atoms with Crippen molar-refractivity contribution in [1.29, 1.82) is 0 Å². The van der Waals surface area contributed by atoms with E-state index in [9.17, 15) is 10.2 Å². The van der Waals surface area contributed by atoms with Gasteiger partial charge in [-0.2, -0.15) is 0 Å². The smallest absolute Gasteiger partial charge is 0.0809 e. The molecule has 180 valence electrons. The Hall–Kier alpha value is -0.940. The Morgan fingerprint density at radius 1 is 1.16 bits per heavy atom. The van der Waals surface area contributed by atoms with Gasteiger partial charge in [-0.1, -0.05) is 43.7 Å². The summed E-state index contributed by atoms with van der Waals surface area (Å²) in [5, 5.41) is 20.4. The second-order valence-electron chi connectivity index (χ2n) is 12.0. The minimum Gasteiger partial charge on any atom is -0.388 e. The normalized spacial score (nSPS) is 40.4. The van der Waals surface area contributed by atoms with Crippen molar-refractivity contribution in [3.8, 4) is 0 Å². The van der Waals surface area contributed by atoms with Crippen molar-refractivity contribution >= 4 is 0 Å². The SMILES string of the molecule is C=C1[C@H](O)CC(=CC=C2CCC[C@]3(C)[C@@H](C(C)CN4CCOC(C)(C)C4)CC[C@@H]23)C[C@H]1O. The molecule has 0 aromatic rings. The highest BCUT2D eigenvalue weighted by atomic mass is 16.5. The van der Waals surface area contributed by atoms with Crippen LogP contribution in [0.5, 0.6) is 0 Å². The molecule has 1 saturated heterocycles. The summed E-state index contributed by atoms with van der Waals surface area (Å²) < 4.78 is 5.93. The molecule has 1 aliphatic heterocycles. The molecule has 4 rings (SSSR count). The van der Waals surface area contributed by atoms with Gasteiger partial charge in [0, 0.05) is 19.6 Å². The van der Waals surface area contributed by atoms with Gasteiger partial charge in [-0.3, -0.25) is 4.90 Å². The molecule has 4 aliphatic rings. The van der Waals surface area contributed by atoms with Gasteiger partial charge in [-0.05, 0) is 87.5 Å². The molecular weight excluding hydrogens is 398 g/mol. The summed E-state index contributed by atoms with van der Waals surface area (Å²) in [5.41, 5.74) is 3.68. The Morgan fingerprint density at radius 3 is 2.56 bits per heavy atom. The van der Waals surface area contributed by atoms with Gasteiger partial charge in [0.05, 0.1) is 24.4 Å². The van der Waals surface area contributed by atoms with Crippen LogP contribution < -0.4 is 0 Å². The van der Waals surface area contributed by atoms with E-state index in [0.29, 0.717) is 35.7 Å². The van der Waals surface area contributed by atoms with E-state index in [-0.39, 0.29) is 5.60 Å². The number of hydrogen-bond acceptors (Lipinski definition) is 4. The molecule has 1 heterocycles. The lowest BCUT2D eigenvalue weighted by Crippen LogP contribution is -2.50. The lowest BCUT2D eigenvalue weighted by Gasteiger charge is -2.46. The van der Waals surface area contributed by atoms with Crippen LogP contribution in [0.4, 0.5) is 0 Å². The standard InChI is InChI=1S/C28H45NO3/c1-19(17-29-13-14-32-27(3,4)18-29)23-10-11-24-22(7-6-12-28(23,24)5)9-8-21-15-25(30)20(2)26(31)16-21/h8-9,19,23-26,30-31H,2,6-7,10-18H2,1,3-5H3/t19?,23-,24+,25-,26-,28-/m1/s1. The van der Waals surface area contributed by atoms with Gasteiger partial charge in [0.25, 0.3) is 0 Å². The molecule has 6 atom stereocenters. The molecule has 2 N–H and O–H groups in total. The number of ether oxygens (including phenoxy) is 1. The zero-order chi connectivity index (χ0) is 23.1. The first-order chi connectivity index (χ1) is 15.1. The van der Waals surface area contributed by atoms with Gasteiger partial charge in [0.2, 0.25) is 0 Å². The lowest BCUT2D eigenvalue weighted by molar-refractivity contribution is -0.0917. The van der Waals surface area contributed by atoms with E-state index in [2.05, 4.69) is 51.3 Å². The molecule has 3 saturated carbocycles. The number of fused-ring (bicyclic) bond motifs is 1. The van der Waals surface area contributed by atoms with Crippen molar-refractivity contribution in [3.05, 3.63) is 35.5 Å². The second-order valence-corrected chi connectivity index (χ2v) is 12.0. The summed E-state index contributed by atoms with van der Waals surface area (Å²) in [7, 11) is 0. The first-order valence-corrected chi connectivity index (χ1v) is 12.9. The fourth-order valence-corrected chi connectivity index (χ4v) is 7.44. The fourth-order valence-electron chi connectivity index (χ4n) is 7.44. The van der Waals surface area contributed by atoms with Crippen LogP contribution in [0.2, 0.25) is 0 Å². The molecular formula is C28H45NO3. The average molecular weight is 444 g/mol. The third-order valence-electron chi connectivity index (χ3n) is 9.08. The van der Waals surface area contributed by atoms with Crippen LogP contribution in [-0.4, -0.2) is 59.2 Å². The molecule has 0 radical (unpaired) electrons. The Bertz CT molecular complexity index is 753. The highest BCUT2D eigenvalue weighted by Gasteiger charge is 2.50. The molecule has 0 spiro atoms. The number of rotatable bonds is 4. The fraction of sp³-hybridized carbons (Fsp3) is 0.786. The van der Waals surface area contributed by atoms with Gasteiger partial charge in [-0.25, -0.2) is 0 Å². The van der Waals surface area contributed by atoms with Crippen LogP contribution >= 0.6 is 0 Å². The van der Waals surface area contributed by atoms with Crippen molar-refractivity contribution < 1.29 is 14.9 Å². The predicted molar refractivity (Wildman–Crippen MR) is 130 cm³/mol. The molecule has 32 heavy (non-hydrogen) atoms. The van der Waals surface area contributed by atoms with E-state index in [1.54, 1.807) is 5.57 Å². The highest BCUT2D eigenvalue weighted by molar-refractivity contribution is 5.29. The lowest BCUT2D eigenvalue weighted by atomic mass is 9.61. The summed E-state index contributed by atoms with van der Waals surface area (Å²) in [6.45, 7) is 17.4. The van der Waals surface area contributed by atoms with E-state index >= 15 is 0 Å². The van der Waals surface area contributed by atoms with Crippen LogP contribution in [0.15, 0.2) is 35.5 Å². The van der Waals surface area contributed by atoms with Crippen LogP contribution in [-0.2, 0) is 4.74 Å². The number of aliphatic hydroxyl groups is 2. The number of nitrogens with zero attached hydrogens (tertiary/aromatic N) is 1. The number of allylic oxidation sites excluding steroid dienone is 3. The Morgan fingerprint density at radius 2 is 1.88 bits per heavy atom. The first-order valence-electron chi connectivity index (χ1n) is 12.9. The molecule has 0 aromatic heterocycles. The molecule has 1 unspecified atom stereocenters. The van der Waals surface area contributed by atoms with E-state index < -0.39 is 12.2 Å². The van der Waals surface area contributed by atoms with E-state index in [1.807, 2.05) is 0 Å². The van der Waals surface area contributed by atoms with Crippen LogP contribution in [0, 0.1) is 23.2 Å². The van der Waals surface area contributed by atoms with Gasteiger partial charge < -0.3 is 14.9 Å².